The maximum absolute atomic E-state index is 3.97. The van der Waals surface area contributed by atoms with Gasteiger partial charge in [0, 0.05) is 24.9 Å². The third-order valence-corrected chi connectivity index (χ3v) is 2.05. The predicted molar refractivity (Wildman–Crippen MR) is 57.6 cm³/mol. The van der Waals surface area contributed by atoms with Crippen LogP contribution < -0.4 is 5.32 Å². The number of aromatic nitrogens is 4. The molecule has 0 saturated carbocycles. The second-order valence-electron chi connectivity index (χ2n) is 3.37. The number of hydrogen-bond donors (Lipinski definition) is 2. The molecular formula is C10H13N5. The zero-order chi connectivity index (χ0) is 10.5. The van der Waals surface area contributed by atoms with E-state index in [0.717, 1.165) is 30.0 Å². The van der Waals surface area contributed by atoms with Crippen LogP contribution in [0.5, 0.6) is 0 Å². The third-order valence-electron chi connectivity index (χ3n) is 2.05. The lowest BCUT2D eigenvalue weighted by Crippen LogP contribution is -2.07. The molecule has 0 aromatic carbocycles. The van der Waals surface area contributed by atoms with Crippen molar-refractivity contribution in [3.63, 3.8) is 0 Å². The lowest BCUT2D eigenvalue weighted by Gasteiger charge is -2.03. The minimum atomic E-state index is 0.814. The van der Waals surface area contributed by atoms with E-state index in [0.29, 0.717) is 0 Å². The maximum Gasteiger partial charge on any atom is 0.148 e. The molecular weight excluding hydrogens is 190 g/mol. The van der Waals surface area contributed by atoms with Gasteiger partial charge in [0.25, 0.3) is 0 Å². The zero-order valence-electron chi connectivity index (χ0n) is 8.57. The van der Waals surface area contributed by atoms with Crippen molar-refractivity contribution in [1.29, 1.82) is 0 Å². The Morgan fingerprint density at radius 3 is 3.07 bits per heavy atom. The summed E-state index contributed by atoms with van der Waals surface area (Å²) >= 11 is 0. The monoisotopic (exact) mass is 203 g/mol. The molecule has 0 amide bonds. The van der Waals surface area contributed by atoms with Gasteiger partial charge in [-0.1, -0.05) is 0 Å². The van der Waals surface area contributed by atoms with Gasteiger partial charge in [0.05, 0.1) is 12.5 Å². The van der Waals surface area contributed by atoms with E-state index in [1.165, 1.54) is 0 Å². The molecule has 78 valence electrons. The number of imidazole rings is 1. The molecule has 15 heavy (non-hydrogen) atoms. The zero-order valence-corrected chi connectivity index (χ0v) is 8.57. The van der Waals surface area contributed by atoms with Gasteiger partial charge in [-0.05, 0) is 18.6 Å². The van der Waals surface area contributed by atoms with Crippen molar-refractivity contribution in [2.75, 3.05) is 11.9 Å². The molecule has 0 fully saturated rings. The van der Waals surface area contributed by atoms with Crippen LogP contribution in [0.25, 0.3) is 0 Å². The summed E-state index contributed by atoms with van der Waals surface area (Å²) in [5.41, 5.74) is 2.22. The number of hydrogen-bond acceptors (Lipinski definition) is 4. The number of aromatic amines is 1. The van der Waals surface area contributed by atoms with Crippen LogP contribution in [0, 0.1) is 6.92 Å². The normalized spacial score (nSPS) is 10.2. The average Bonchev–Trinajstić information content (AvgIpc) is 2.71. The second kappa shape index (κ2) is 4.54. The van der Waals surface area contributed by atoms with E-state index in [4.69, 9.17) is 0 Å². The molecule has 0 radical (unpaired) electrons. The Kier molecular flexibility index (Phi) is 2.92. The molecule has 2 N–H and O–H groups in total. The molecule has 0 unspecified atom stereocenters. The standard InChI is InChI=1S/C10H13N5/c1-8-4-10(15-14-5-8)12-3-2-9-6-11-7-13-9/h4-7H,2-3H2,1H3,(H,11,13)(H,12,15). The number of rotatable bonds is 4. The van der Waals surface area contributed by atoms with Crippen LogP contribution in [0.3, 0.4) is 0 Å². The average molecular weight is 203 g/mol. The smallest absolute Gasteiger partial charge is 0.148 e. The maximum atomic E-state index is 3.97. The molecule has 2 heterocycles. The topological polar surface area (TPSA) is 66.5 Å². The van der Waals surface area contributed by atoms with E-state index in [1.54, 1.807) is 12.5 Å². The third kappa shape index (κ3) is 2.77. The Balaban J connectivity index is 1.83. The summed E-state index contributed by atoms with van der Waals surface area (Å²) in [4.78, 5) is 7.00. The highest BCUT2D eigenvalue weighted by molar-refractivity contribution is 5.34. The molecule has 0 saturated heterocycles. The summed E-state index contributed by atoms with van der Waals surface area (Å²) in [5, 5.41) is 11.0. The fourth-order valence-corrected chi connectivity index (χ4v) is 1.30. The molecule has 2 aromatic rings. The van der Waals surface area contributed by atoms with Crippen molar-refractivity contribution in [3.8, 4) is 0 Å². The first-order valence-corrected chi connectivity index (χ1v) is 4.85. The van der Waals surface area contributed by atoms with Gasteiger partial charge in [0.2, 0.25) is 0 Å². The van der Waals surface area contributed by atoms with Gasteiger partial charge in [-0.2, -0.15) is 5.10 Å². The molecule has 0 spiro atoms. The highest BCUT2D eigenvalue weighted by atomic mass is 15.2. The van der Waals surface area contributed by atoms with Crippen molar-refractivity contribution in [2.24, 2.45) is 0 Å². The lowest BCUT2D eigenvalue weighted by molar-refractivity contribution is 0.940. The Hall–Kier alpha value is -1.91. The molecule has 0 aliphatic rings. The van der Waals surface area contributed by atoms with E-state index < -0.39 is 0 Å². The van der Waals surface area contributed by atoms with Gasteiger partial charge in [0.15, 0.2) is 0 Å². The van der Waals surface area contributed by atoms with Crippen molar-refractivity contribution in [1.82, 2.24) is 20.2 Å². The molecule has 2 aromatic heterocycles. The van der Waals surface area contributed by atoms with Crippen LogP contribution in [0.2, 0.25) is 0 Å². The van der Waals surface area contributed by atoms with Crippen molar-refractivity contribution < 1.29 is 0 Å². The fraction of sp³-hybridized carbons (Fsp3) is 0.300. The molecule has 2 rings (SSSR count). The summed E-state index contributed by atoms with van der Waals surface area (Å²) < 4.78 is 0. The Morgan fingerprint density at radius 2 is 2.33 bits per heavy atom. The quantitative estimate of drug-likeness (QED) is 0.782. The van der Waals surface area contributed by atoms with Gasteiger partial charge in [-0.15, -0.1) is 5.10 Å². The first kappa shape index (κ1) is 9.64. The summed E-state index contributed by atoms with van der Waals surface area (Å²) in [6.07, 6.45) is 6.14. The van der Waals surface area contributed by atoms with Crippen LogP contribution in [0.1, 0.15) is 11.3 Å². The van der Waals surface area contributed by atoms with Crippen LogP contribution in [-0.2, 0) is 6.42 Å². The van der Waals surface area contributed by atoms with Gasteiger partial charge in [0.1, 0.15) is 5.82 Å². The number of nitrogens with one attached hydrogen (secondary N) is 2. The number of nitrogens with zero attached hydrogens (tertiary/aromatic N) is 3. The molecule has 5 nitrogen and oxygen atoms in total. The second-order valence-corrected chi connectivity index (χ2v) is 3.37. The van der Waals surface area contributed by atoms with Crippen LogP contribution in [0.4, 0.5) is 5.82 Å². The Morgan fingerprint density at radius 1 is 1.40 bits per heavy atom. The summed E-state index contributed by atoms with van der Waals surface area (Å²) in [6, 6.07) is 1.97. The predicted octanol–water partition coefficient (Wildman–Crippen LogP) is 1.16. The molecule has 0 aliphatic carbocycles. The van der Waals surface area contributed by atoms with E-state index in [2.05, 4.69) is 25.5 Å². The summed E-state index contributed by atoms with van der Waals surface area (Å²) in [5.74, 6) is 0.814. The highest BCUT2D eigenvalue weighted by Gasteiger charge is 1.96. The minimum absolute atomic E-state index is 0.814. The van der Waals surface area contributed by atoms with Gasteiger partial charge < -0.3 is 10.3 Å². The van der Waals surface area contributed by atoms with E-state index in [9.17, 15) is 0 Å². The Labute approximate surface area is 88.0 Å². The van der Waals surface area contributed by atoms with Crippen LogP contribution in [0.15, 0.2) is 24.8 Å². The lowest BCUT2D eigenvalue weighted by atomic mass is 10.3. The minimum Gasteiger partial charge on any atom is -0.368 e. The number of aryl methyl sites for hydroxylation is 1. The molecule has 5 heteroatoms. The SMILES string of the molecule is Cc1cnnc(NCCc2cnc[nH]2)c1. The van der Waals surface area contributed by atoms with E-state index in [-0.39, 0.29) is 0 Å². The molecule has 0 atom stereocenters. The van der Waals surface area contributed by atoms with Gasteiger partial charge in [-0.3, -0.25) is 0 Å². The van der Waals surface area contributed by atoms with E-state index >= 15 is 0 Å². The molecule has 0 aliphatic heterocycles. The van der Waals surface area contributed by atoms with E-state index in [1.807, 2.05) is 19.2 Å². The van der Waals surface area contributed by atoms with Crippen LogP contribution in [-0.4, -0.2) is 26.7 Å². The van der Waals surface area contributed by atoms with Gasteiger partial charge >= 0.3 is 0 Å². The van der Waals surface area contributed by atoms with Crippen LogP contribution >= 0.6 is 0 Å². The van der Waals surface area contributed by atoms with Gasteiger partial charge in [-0.25, -0.2) is 4.98 Å². The fourth-order valence-electron chi connectivity index (χ4n) is 1.30. The molecule has 0 bridgehead atoms. The summed E-state index contributed by atoms with van der Waals surface area (Å²) in [7, 11) is 0. The summed E-state index contributed by atoms with van der Waals surface area (Å²) in [6.45, 7) is 2.81. The van der Waals surface area contributed by atoms with Crippen molar-refractivity contribution in [2.45, 2.75) is 13.3 Å². The van der Waals surface area contributed by atoms with Crippen molar-refractivity contribution >= 4 is 5.82 Å². The number of H-pyrrole nitrogens is 1. The first-order chi connectivity index (χ1) is 7.34. The first-order valence-electron chi connectivity index (χ1n) is 4.85. The number of anilines is 1. The highest BCUT2D eigenvalue weighted by Crippen LogP contribution is 2.03. The Bertz CT molecular complexity index is 410. The van der Waals surface area contributed by atoms with Crippen molar-refractivity contribution in [3.05, 3.63) is 36.0 Å². The largest absolute Gasteiger partial charge is 0.368 e.